The minimum Gasteiger partial charge on any atom is -0.481 e. The second-order valence-corrected chi connectivity index (χ2v) is 12.2. The van der Waals surface area contributed by atoms with Crippen molar-refractivity contribution in [1.29, 1.82) is 5.41 Å². The first kappa shape index (κ1) is 29.8. The number of carboxylic acids is 1. The molecule has 11 nitrogen and oxygen atoms in total. The van der Waals surface area contributed by atoms with E-state index < -0.39 is 33.8 Å². The molecule has 1 aliphatic rings. The molecule has 0 saturated heterocycles. The molecule has 0 aliphatic carbocycles. The Kier molecular flexibility index (Phi) is 9.42. The first-order valence-corrected chi connectivity index (χ1v) is 15.2. The van der Waals surface area contributed by atoms with Crippen LogP contribution in [-0.4, -0.2) is 55.5 Å². The monoisotopic (exact) mass is 595 g/mol. The number of benzene rings is 3. The van der Waals surface area contributed by atoms with Gasteiger partial charge in [0.2, 0.25) is 21.8 Å². The molecule has 214 valence electrons. The van der Waals surface area contributed by atoms with Crippen molar-refractivity contribution in [2.24, 2.45) is 5.73 Å². The van der Waals surface area contributed by atoms with Crippen molar-refractivity contribution in [2.75, 3.05) is 17.2 Å². The Labute approximate surface area is 241 Å². The van der Waals surface area contributed by atoms with Crippen molar-refractivity contribution in [1.82, 2.24) is 10.0 Å². The van der Waals surface area contributed by atoms with E-state index in [0.29, 0.717) is 27.3 Å². The smallest absolute Gasteiger partial charge is 0.307 e. The van der Waals surface area contributed by atoms with Crippen molar-refractivity contribution in [2.45, 2.75) is 29.7 Å². The summed E-state index contributed by atoms with van der Waals surface area (Å²) in [4.78, 5) is 39.7. The lowest BCUT2D eigenvalue weighted by Crippen LogP contribution is -2.51. The van der Waals surface area contributed by atoms with Crippen molar-refractivity contribution in [3.63, 3.8) is 0 Å². The maximum atomic E-state index is 13.7. The van der Waals surface area contributed by atoms with Gasteiger partial charge in [0.15, 0.2) is 0 Å². The van der Waals surface area contributed by atoms with Gasteiger partial charge in [0.25, 0.3) is 0 Å². The summed E-state index contributed by atoms with van der Waals surface area (Å²) in [5, 5.41) is 19.5. The van der Waals surface area contributed by atoms with E-state index in [9.17, 15) is 27.9 Å². The summed E-state index contributed by atoms with van der Waals surface area (Å²) in [5.41, 5.74) is 8.24. The average Bonchev–Trinajstić information content (AvgIpc) is 3.04. The summed E-state index contributed by atoms with van der Waals surface area (Å²) in [6.07, 6.45) is -0.224. The Hall–Kier alpha value is -4.20. The van der Waals surface area contributed by atoms with Crippen LogP contribution in [0.5, 0.6) is 0 Å². The fraction of sp³-hybridized carbons (Fsp3) is 0.214. The zero-order chi connectivity index (χ0) is 29.6. The van der Waals surface area contributed by atoms with Crippen molar-refractivity contribution >= 4 is 51.1 Å². The van der Waals surface area contributed by atoms with E-state index in [4.69, 9.17) is 11.1 Å². The second-order valence-electron chi connectivity index (χ2n) is 9.41. The van der Waals surface area contributed by atoms with Crippen LogP contribution in [0.3, 0.4) is 0 Å². The largest absolute Gasteiger partial charge is 0.481 e. The summed E-state index contributed by atoms with van der Waals surface area (Å²) in [6.45, 7) is -0.224. The molecule has 41 heavy (non-hydrogen) atoms. The third-order valence-electron chi connectivity index (χ3n) is 6.22. The van der Waals surface area contributed by atoms with Crippen LogP contribution in [0.1, 0.15) is 22.3 Å². The number of thioether (sulfide) groups is 1. The fourth-order valence-electron chi connectivity index (χ4n) is 4.23. The molecule has 0 aromatic heterocycles. The number of sulfonamides is 1. The molecule has 3 aromatic carbocycles. The second kappa shape index (κ2) is 13.0. The Morgan fingerprint density at radius 1 is 1.02 bits per heavy atom. The van der Waals surface area contributed by atoms with Gasteiger partial charge in [-0.1, -0.05) is 60.7 Å². The molecule has 0 fully saturated rings. The van der Waals surface area contributed by atoms with Crippen LogP contribution in [-0.2, 0) is 43.1 Å². The number of nitrogen functional groups attached to an aromatic ring is 1. The van der Waals surface area contributed by atoms with Gasteiger partial charge in [-0.25, -0.2) is 13.1 Å². The number of fused-ring (bicyclic) bond motifs is 1. The van der Waals surface area contributed by atoms with Gasteiger partial charge in [-0.3, -0.25) is 19.8 Å². The number of anilines is 1. The zero-order valence-corrected chi connectivity index (χ0v) is 23.5. The van der Waals surface area contributed by atoms with E-state index >= 15 is 0 Å². The van der Waals surface area contributed by atoms with E-state index in [1.54, 1.807) is 72.8 Å². The van der Waals surface area contributed by atoms with Crippen LogP contribution < -0.4 is 20.7 Å². The van der Waals surface area contributed by atoms with E-state index in [2.05, 4.69) is 10.0 Å². The molecule has 4 rings (SSSR count). The number of nitrogens with two attached hydrogens (primary N) is 1. The van der Waals surface area contributed by atoms with Crippen molar-refractivity contribution in [3.8, 4) is 0 Å². The minimum atomic E-state index is -3.92. The first-order chi connectivity index (χ1) is 19.5. The maximum absolute atomic E-state index is 13.7. The molecule has 1 atom stereocenters. The Balaban J connectivity index is 1.54. The number of amidine groups is 1. The third kappa shape index (κ3) is 8.16. The summed E-state index contributed by atoms with van der Waals surface area (Å²) in [5.74, 6) is -2.43. The Morgan fingerprint density at radius 2 is 1.71 bits per heavy atom. The topological polar surface area (TPSA) is 183 Å². The zero-order valence-electron chi connectivity index (χ0n) is 21.9. The average molecular weight is 596 g/mol. The van der Waals surface area contributed by atoms with Crippen LogP contribution in [0, 0.1) is 5.41 Å². The first-order valence-electron chi connectivity index (χ1n) is 12.5. The van der Waals surface area contributed by atoms with Gasteiger partial charge in [-0.05, 0) is 28.8 Å². The number of carbonyl (C=O) groups is 3. The number of aliphatic carboxylic acids is 1. The molecular weight excluding hydrogens is 566 g/mol. The number of hydrogen-bond donors (Lipinski definition) is 5. The highest BCUT2D eigenvalue weighted by molar-refractivity contribution is 7.99. The van der Waals surface area contributed by atoms with Gasteiger partial charge in [0.05, 0.1) is 17.9 Å². The molecule has 0 bridgehead atoms. The van der Waals surface area contributed by atoms with Gasteiger partial charge in [0, 0.05) is 22.8 Å². The van der Waals surface area contributed by atoms with Gasteiger partial charge < -0.3 is 21.1 Å². The fourth-order valence-corrected chi connectivity index (χ4v) is 6.81. The quantitative estimate of drug-likeness (QED) is 0.164. The number of amides is 2. The van der Waals surface area contributed by atoms with E-state index in [1.807, 2.05) is 0 Å². The van der Waals surface area contributed by atoms with Gasteiger partial charge >= 0.3 is 5.97 Å². The Morgan fingerprint density at radius 3 is 2.37 bits per heavy atom. The highest BCUT2D eigenvalue weighted by Gasteiger charge is 2.34. The molecule has 0 saturated carbocycles. The number of nitrogens with one attached hydrogen (secondary N) is 3. The summed E-state index contributed by atoms with van der Waals surface area (Å²) in [6, 6.07) is 19.0. The normalized spacial score (nSPS) is 15.1. The standard InChI is InChI=1S/C28H29N5O6S2/c29-27(30)21-9-6-18(7-10-21)14-31-25(34)15-33-23-11-8-20(13-26(35)36)12-24(23)40-16-22(28(33)37)32-41(38,39)17-19-4-2-1-3-5-19/h1-12,22,32H,13-17H2,(H3,29,30)(H,31,34)(H,35,36)/t22-/m1/s1. The summed E-state index contributed by atoms with van der Waals surface area (Å²) < 4.78 is 28.4. The van der Waals surface area contributed by atoms with Crippen molar-refractivity contribution in [3.05, 3.63) is 95.1 Å². The van der Waals surface area contributed by atoms with Gasteiger partial charge in [-0.2, -0.15) is 0 Å². The molecule has 3 aromatic rings. The maximum Gasteiger partial charge on any atom is 0.307 e. The molecule has 6 N–H and O–H groups in total. The molecule has 0 radical (unpaired) electrons. The lowest BCUT2D eigenvalue weighted by Gasteiger charge is -2.25. The predicted octanol–water partition coefficient (Wildman–Crippen LogP) is 1.84. The van der Waals surface area contributed by atoms with Crippen LogP contribution in [0.25, 0.3) is 0 Å². The highest BCUT2D eigenvalue weighted by Crippen LogP contribution is 2.35. The molecule has 1 aliphatic heterocycles. The van der Waals surface area contributed by atoms with Crippen LogP contribution in [0.2, 0.25) is 0 Å². The number of hydrogen-bond acceptors (Lipinski definition) is 7. The minimum absolute atomic E-state index is 0.0526. The van der Waals surface area contributed by atoms with Gasteiger partial charge in [0.1, 0.15) is 18.4 Å². The Bertz CT molecular complexity index is 1560. The molecule has 1 heterocycles. The molecule has 2 amide bonds. The van der Waals surface area contributed by atoms with Gasteiger partial charge in [-0.15, -0.1) is 11.8 Å². The molecule has 0 spiro atoms. The number of rotatable bonds is 11. The highest BCUT2D eigenvalue weighted by atomic mass is 32.2. The lowest BCUT2D eigenvalue weighted by molar-refractivity contribution is -0.136. The molecular formula is C28H29N5O6S2. The number of carboxylic acid groups (broad SMARTS) is 1. The molecule has 0 unspecified atom stereocenters. The lowest BCUT2D eigenvalue weighted by atomic mass is 10.1. The van der Waals surface area contributed by atoms with Crippen molar-refractivity contribution < 1.29 is 27.9 Å². The van der Waals surface area contributed by atoms with E-state index in [-0.39, 0.29) is 36.9 Å². The third-order valence-corrected chi connectivity index (χ3v) is 8.71. The van der Waals surface area contributed by atoms with Crippen LogP contribution in [0.4, 0.5) is 5.69 Å². The predicted molar refractivity (Wildman–Crippen MR) is 156 cm³/mol. The SMILES string of the molecule is N=C(N)c1ccc(CNC(=O)CN2C(=O)[C@H](NS(=O)(=O)Cc3ccccc3)CSc3cc(CC(=O)O)ccc32)cc1. The van der Waals surface area contributed by atoms with E-state index in [0.717, 1.165) is 5.56 Å². The number of nitrogens with zero attached hydrogens (tertiary/aromatic N) is 1. The van der Waals surface area contributed by atoms with E-state index in [1.165, 1.54) is 16.7 Å². The summed E-state index contributed by atoms with van der Waals surface area (Å²) >= 11 is 1.21. The van der Waals surface area contributed by atoms with Crippen LogP contribution in [0.15, 0.2) is 77.7 Å². The van der Waals surface area contributed by atoms with Crippen LogP contribution >= 0.6 is 11.8 Å². The molecule has 13 heteroatoms. The number of carbonyl (C=O) groups excluding carboxylic acids is 2. The summed E-state index contributed by atoms with van der Waals surface area (Å²) in [7, 11) is -3.92.